The zero-order valence-electron chi connectivity index (χ0n) is 14.2. The number of hydrogen-bond donors (Lipinski definition) is 0. The van der Waals surface area contributed by atoms with Gasteiger partial charge in [0.25, 0.3) is 0 Å². The first-order valence-electron chi connectivity index (χ1n) is 8.16. The van der Waals surface area contributed by atoms with Crippen LogP contribution in [0.5, 0.6) is 11.5 Å². The third-order valence-electron chi connectivity index (χ3n) is 3.87. The number of morpholine rings is 1. The Kier molecular flexibility index (Phi) is 6.52. The molecular weight excluding hydrogens is 431 g/mol. The largest absolute Gasteiger partial charge is 0.496 e. The van der Waals surface area contributed by atoms with Gasteiger partial charge in [0.2, 0.25) is 0 Å². The summed E-state index contributed by atoms with van der Waals surface area (Å²) in [5, 5.41) is 6.55. The molecule has 1 heterocycles. The average molecular weight is 452 g/mol. The molecule has 0 unspecified atom stereocenters. The lowest BCUT2D eigenvalue weighted by Gasteiger charge is -2.23. The van der Waals surface area contributed by atoms with E-state index < -0.39 is 0 Å². The van der Waals surface area contributed by atoms with Crippen molar-refractivity contribution < 1.29 is 14.2 Å². The molecule has 0 saturated carbocycles. The van der Waals surface area contributed by atoms with Gasteiger partial charge in [0.05, 0.1) is 39.6 Å². The Hall–Kier alpha value is -1.80. The molecule has 0 atom stereocenters. The highest BCUT2D eigenvalue weighted by molar-refractivity contribution is 14.1. The van der Waals surface area contributed by atoms with Gasteiger partial charge >= 0.3 is 0 Å². The zero-order valence-corrected chi connectivity index (χ0v) is 16.3. The highest BCUT2D eigenvalue weighted by Crippen LogP contribution is 2.22. The molecule has 3 rings (SSSR count). The van der Waals surface area contributed by atoms with Gasteiger partial charge < -0.3 is 14.2 Å². The van der Waals surface area contributed by atoms with Crippen molar-refractivity contribution in [1.29, 1.82) is 0 Å². The second-order valence-electron chi connectivity index (χ2n) is 5.62. The van der Waals surface area contributed by atoms with Crippen LogP contribution in [0.4, 0.5) is 0 Å². The highest BCUT2D eigenvalue weighted by atomic mass is 127. The molecule has 2 aromatic carbocycles. The van der Waals surface area contributed by atoms with E-state index in [1.165, 1.54) is 3.57 Å². The van der Waals surface area contributed by atoms with E-state index in [0.29, 0.717) is 6.61 Å². The molecule has 6 heteroatoms. The summed E-state index contributed by atoms with van der Waals surface area (Å²) in [4.78, 5) is 0. The fourth-order valence-corrected chi connectivity index (χ4v) is 2.86. The minimum absolute atomic E-state index is 0.447. The van der Waals surface area contributed by atoms with Crippen LogP contribution < -0.4 is 9.47 Å². The van der Waals surface area contributed by atoms with E-state index in [9.17, 15) is 0 Å². The molecule has 0 spiro atoms. The van der Waals surface area contributed by atoms with Crippen molar-refractivity contribution in [2.75, 3.05) is 33.4 Å². The minimum Gasteiger partial charge on any atom is -0.496 e. The molecule has 0 bridgehead atoms. The molecule has 1 aliphatic rings. The van der Waals surface area contributed by atoms with Gasteiger partial charge in [0.1, 0.15) is 18.1 Å². The molecular formula is C19H21IN2O3. The van der Waals surface area contributed by atoms with E-state index in [2.05, 4.69) is 33.8 Å². The van der Waals surface area contributed by atoms with E-state index in [1.807, 2.05) is 47.6 Å². The SMILES string of the molecule is COc1ccc(/C=N\N2CCOCC2)cc1COc1ccc(I)cc1. The number of benzene rings is 2. The van der Waals surface area contributed by atoms with Gasteiger partial charge in [-0.15, -0.1) is 0 Å². The van der Waals surface area contributed by atoms with Crippen molar-refractivity contribution in [3.63, 3.8) is 0 Å². The molecule has 1 aliphatic heterocycles. The fourth-order valence-electron chi connectivity index (χ4n) is 2.50. The molecule has 0 aliphatic carbocycles. The molecule has 132 valence electrons. The first kappa shape index (κ1) is 18.0. The Morgan fingerprint density at radius 2 is 1.92 bits per heavy atom. The van der Waals surface area contributed by atoms with Gasteiger partial charge in [-0.3, -0.25) is 5.01 Å². The number of hydrazone groups is 1. The Bertz CT molecular complexity index is 713. The topological polar surface area (TPSA) is 43.3 Å². The summed E-state index contributed by atoms with van der Waals surface area (Å²) in [5.41, 5.74) is 2.01. The van der Waals surface area contributed by atoms with E-state index in [4.69, 9.17) is 14.2 Å². The molecule has 0 N–H and O–H groups in total. The van der Waals surface area contributed by atoms with Gasteiger partial charge in [-0.1, -0.05) is 0 Å². The highest BCUT2D eigenvalue weighted by Gasteiger charge is 2.08. The van der Waals surface area contributed by atoms with Crippen molar-refractivity contribution >= 4 is 28.8 Å². The number of hydrogen-bond acceptors (Lipinski definition) is 5. The summed E-state index contributed by atoms with van der Waals surface area (Å²) in [6.45, 7) is 3.57. The van der Waals surface area contributed by atoms with Crippen molar-refractivity contribution in [2.24, 2.45) is 5.10 Å². The summed E-state index contributed by atoms with van der Waals surface area (Å²) >= 11 is 2.28. The minimum atomic E-state index is 0.447. The van der Waals surface area contributed by atoms with E-state index in [0.717, 1.165) is 48.9 Å². The van der Waals surface area contributed by atoms with Gasteiger partial charge in [0.15, 0.2) is 0 Å². The predicted octanol–water partition coefficient (Wildman–Crippen LogP) is 3.54. The van der Waals surface area contributed by atoms with Crippen LogP contribution in [0.1, 0.15) is 11.1 Å². The predicted molar refractivity (Wildman–Crippen MR) is 106 cm³/mol. The van der Waals surface area contributed by atoms with Crippen LogP contribution in [0.15, 0.2) is 47.6 Å². The van der Waals surface area contributed by atoms with Crippen LogP contribution in [0.3, 0.4) is 0 Å². The smallest absolute Gasteiger partial charge is 0.125 e. The Balaban J connectivity index is 1.68. The van der Waals surface area contributed by atoms with Gasteiger partial charge in [0, 0.05) is 9.13 Å². The molecule has 0 aromatic heterocycles. The van der Waals surface area contributed by atoms with Crippen LogP contribution in [0.25, 0.3) is 0 Å². The van der Waals surface area contributed by atoms with Crippen LogP contribution in [-0.2, 0) is 11.3 Å². The van der Waals surface area contributed by atoms with Crippen molar-refractivity contribution in [2.45, 2.75) is 6.61 Å². The molecule has 5 nitrogen and oxygen atoms in total. The second kappa shape index (κ2) is 9.05. The lowest BCUT2D eigenvalue weighted by atomic mass is 10.1. The Morgan fingerprint density at radius 3 is 2.64 bits per heavy atom. The number of methoxy groups -OCH3 is 1. The maximum absolute atomic E-state index is 5.88. The monoisotopic (exact) mass is 452 g/mol. The Labute approximate surface area is 161 Å². The van der Waals surface area contributed by atoms with Crippen LogP contribution in [0, 0.1) is 3.57 Å². The third-order valence-corrected chi connectivity index (χ3v) is 4.59. The maximum atomic E-state index is 5.88. The summed E-state index contributed by atoms with van der Waals surface area (Å²) < 4.78 is 17.9. The standard InChI is InChI=1S/C19H21IN2O3/c1-23-19-7-2-15(13-21-22-8-10-24-11-9-22)12-16(19)14-25-18-5-3-17(20)4-6-18/h2-7,12-13H,8-11,14H2,1H3/b21-13-. The molecule has 1 saturated heterocycles. The maximum Gasteiger partial charge on any atom is 0.125 e. The molecule has 2 aromatic rings. The summed E-state index contributed by atoms with van der Waals surface area (Å²) in [7, 11) is 1.67. The van der Waals surface area contributed by atoms with E-state index in [1.54, 1.807) is 7.11 Å². The van der Waals surface area contributed by atoms with Crippen molar-refractivity contribution in [3.8, 4) is 11.5 Å². The van der Waals surface area contributed by atoms with Gasteiger partial charge in [-0.05, 0) is 70.6 Å². The molecule has 0 amide bonds. The van der Waals surface area contributed by atoms with Gasteiger partial charge in [-0.2, -0.15) is 5.10 Å². The lowest BCUT2D eigenvalue weighted by molar-refractivity contribution is 0.0397. The lowest BCUT2D eigenvalue weighted by Crippen LogP contribution is -2.32. The number of nitrogens with zero attached hydrogens (tertiary/aromatic N) is 2. The van der Waals surface area contributed by atoms with Crippen LogP contribution in [0.2, 0.25) is 0 Å². The molecule has 25 heavy (non-hydrogen) atoms. The number of ether oxygens (including phenoxy) is 3. The summed E-state index contributed by atoms with van der Waals surface area (Å²) in [5.74, 6) is 1.66. The number of rotatable bonds is 6. The van der Waals surface area contributed by atoms with E-state index >= 15 is 0 Å². The molecule has 1 fully saturated rings. The van der Waals surface area contributed by atoms with Crippen LogP contribution in [-0.4, -0.2) is 44.6 Å². The average Bonchev–Trinajstić information content (AvgIpc) is 2.67. The first-order valence-corrected chi connectivity index (χ1v) is 9.24. The summed E-state index contributed by atoms with van der Waals surface area (Å²) in [6.07, 6.45) is 1.87. The van der Waals surface area contributed by atoms with Gasteiger partial charge in [-0.25, -0.2) is 0 Å². The Morgan fingerprint density at radius 1 is 1.16 bits per heavy atom. The van der Waals surface area contributed by atoms with Crippen molar-refractivity contribution in [1.82, 2.24) is 5.01 Å². The fraction of sp³-hybridized carbons (Fsp3) is 0.316. The van der Waals surface area contributed by atoms with E-state index in [-0.39, 0.29) is 0 Å². The third kappa shape index (κ3) is 5.34. The molecule has 0 radical (unpaired) electrons. The quantitative estimate of drug-likeness (QED) is 0.497. The first-order chi connectivity index (χ1) is 12.2. The second-order valence-corrected chi connectivity index (χ2v) is 6.87. The van der Waals surface area contributed by atoms with Crippen molar-refractivity contribution in [3.05, 3.63) is 57.2 Å². The summed E-state index contributed by atoms with van der Waals surface area (Å²) in [6, 6.07) is 14.0. The number of halogens is 1. The normalized spacial score (nSPS) is 14.7. The van der Waals surface area contributed by atoms with Crippen LogP contribution >= 0.6 is 22.6 Å². The zero-order chi connectivity index (χ0) is 17.5.